The van der Waals surface area contributed by atoms with Gasteiger partial charge in [-0.25, -0.2) is 4.39 Å². The van der Waals surface area contributed by atoms with Crippen molar-refractivity contribution in [2.75, 3.05) is 33.9 Å². The van der Waals surface area contributed by atoms with Gasteiger partial charge in [0, 0.05) is 26.1 Å². The molecule has 1 aliphatic heterocycles. The van der Waals surface area contributed by atoms with E-state index in [2.05, 4.69) is 5.32 Å². The summed E-state index contributed by atoms with van der Waals surface area (Å²) in [6.07, 6.45) is 1.00. The second-order valence-corrected chi connectivity index (χ2v) is 6.55. The molecular formula is C21H26ClFN2O3. The number of carbonyl (C=O) groups excluding carboxylic acids is 1. The van der Waals surface area contributed by atoms with Crippen LogP contribution in [0.4, 0.5) is 4.39 Å². The number of ether oxygens (including phenoxy) is 2. The van der Waals surface area contributed by atoms with Crippen molar-refractivity contribution in [3.05, 3.63) is 59.4 Å². The zero-order valence-corrected chi connectivity index (χ0v) is 16.9. The molecule has 152 valence electrons. The third kappa shape index (κ3) is 5.14. The third-order valence-corrected chi connectivity index (χ3v) is 4.87. The molecule has 1 atom stereocenters. The Morgan fingerprint density at radius 3 is 2.68 bits per heavy atom. The highest BCUT2D eigenvalue weighted by atomic mass is 35.5. The molecule has 0 aromatic heterocycles. The zero-order chi connectivity index (χ0) is 19.2. The van der Waals surface area contributed by atoms with Crippen molar-refractivity contribution in [1.29, 1.82) is 0 Å². The van der Waals surface area contributed by atoms with Crippen LogP contribution in [0.5, 0.6) is 11.5 Å². The van der Waals surface area contributed by atoms with Crippen LogP contribution in [0.2, 0.25) is 0 Å². The summed E-state index contributed by atoms with van der Waals surface area (Å²) < 4.78 is 24.2. The molecule has 1 saturated heterocycles. The molecule has 0 spiro atoms. The Kier molecular flexibility index (Phi) is 8.08. The Hall–Kier alpha value is -2.31. The van der Waals surface area contributed by atoms with Crippen LogP contribution in [0.1, 0.15) is 23.6 Å². The average Bonchev–Trinajstić information content (AvgIpc) is 2.71. The molecule has 3 rings (SSSR count). The van der Waals surface area contributed by atoms with Gasteiger partial charge in [-0.05, 0) is 41.8 Å². The number of nitrogens with zero attached hydrogens (tertiary/aromatic N) is 1. The maximum absolute atomic E-state index is 13.6. The fraction of sp³-hybridized carbons (Fsp3) is 0.381. The summed E-state index contributed by atoms with van der Waals surface area (Å²) in [7, 11) is 3.19. The molecule has 28 heavy (non-hydrogen) atoms. The molecule has 1 heterocycles. The van der Waals surface area contributed by atoms with Crippen molar-refractivity contribution in [2.45, 2.75) is 18.9 Å². The zero-order valence-electron chi connectivity index (χ0n) is 16.1. The van der Waals surface area contributed by atoms with Crippen LogP contribution >= 0.6 is 12.4 Å². The number of carbonyl (C=O) groups is 1. The summed E-state index contributed by atoms with van der Waals surface area (Å²) in [5.41, 5.74) is 1.83. The number of hydrogen-bond acceptors (Lipinski definition) is 4. The van der Waals surface area contributed by atoms with Crippen molar-refractivity contribution in [3.63, 3.8) is 0 Å². The maximum atomic E-state index is 13.6. The molecule has 0 aliphatic carbocycles. The first-order chi connectivity index (χ1) is 13.1. The first-order valence-corrected chi connectivity index (χ1v) is 9.09. The molecule has 1 fully saturated rings. The number of benzene rings is 2. The van der Waals surface area contributed by atoms with Crippen LogP contribution in [-0.4, -0.2) is 44.7 Å². The van der Waals surface area contributed by atoms with E-state index in [1.807, 2.05) is 29.2 Å². The number of nitrogens with one attached hydrogen (secondary N) is 1. The van der Waals surface area contributed by atoms with Crippen LogP contribution in [0.15, 0.2) is 42.5 Å². The number of piperazine rings is 1. The molecule has 2 aromatic carbocycles. The lowest BCUT2D eigenvalue weighted by Gasteiger charge is -2.36. The van der Waals surface area contributed by atoms with Crippen LogP contribution in [0.25, 0.3) is 0 Å². The molecule has 1 N–H and O–H groups in total. The van der Waals surface area contributed by atoms with E-state index in [-0.39, 0.29) is 30.2 Å². The van der Waals surface area contributed by atoms with Gasteiger partial charge in [-0.3, -0.25) is 4.79 Å². The lowest BCUT2D eigenvalue weighted by Crippen LogP contribution is -2.48. The quantitative estimate of drug-likeness (QED) is 0.796. The second-order valence-electron chi connectivity index (χ2n) is 6.55. The molecule has 0 bridgehead atoms. The highest BCUT2D eigenvalue weighted by molar-refractivity contribution is 5.85. The fourth-order valence-electron chi connectivity index (χ4n) is 3.45. The topological polar surface area (TPSA) is 50.8 Å². The molecule has 1 unspecified atom stereocenters. The normalized spacial score (nSPS) is 16.2. The number of hydrogen-bond donors (Lipinski definition) is 1. The van der Waals surface area contributed by atoms with E-state index < -0.39 is 0 Å². The first-order valence-electron chi connectivity index (χ1n) is 9.09. The summed E-state index contributed by atoms with van der Waals surface area (Å²) in [5.74, 6) is 1.11. The van der Waals surface area contributed by atoms with Gasteiger partial charge in [-0.2, -0.15) is 0 Å². The van der Waals surface area contributed by atoms with Gasteiger partial charge in [0.25, 0.3) is 0 Å². The summed E-state index contributed by atoms with van der Waals surface area (Å²) in [5, 5.41) is 3.29. The van der Waals surface area contributed by atoms with Crippen LogP contribution in [-0.2, 0) is 11.2 Å². The Morgan fingerprint density at radius 2 is 1.96 bits per heavy atom. The first kappa shape index (κ1) is 22.0. The Morgan fingerprint density at radius 1 is 1.18 bits per heavy atom. The second kappa shape index (κ2) is 10.3. The predicted molar refractivity (Wildman–Crippen MR) is 109 cm³/mol. The summed E-state index contributed by atoms with van der Waals surface area (Å²) in [4.78, 5) is 14.7. The van der Waals surface area contributed by atoms with Crippen molar-refractivity contribution in [2.24, 2.45) is 0 Å². The fourth-order valence-corrected chi connectivity index (χ4v) is 3.45. The number of aryl methyl sites for hydroxylation is 1. The van der Waals surface area contributed by atoms with E-state index in [9.17, 15) is 9.18 Å². The SMILES string of the molecule is COc1ccc(CCC(=O)N2CCNCC2c2cccc(F)c2)cc1OC.Cl. The minimum Gasteiger partial charge on any atom is -0.493 e. The Balaban J connectivity index is 0.00000280. The van der Waals surface area contributed by atoms with Gasteiger partial charge in [0.15, 0.2) is 11.5 Å². The Bertz CT molecular complexity index is 803. The highest BCUT2D eigenvalue weighted by Crippen LogP contribution is 2.29. The monoisotopic (exact) mass is 408 g/mol. The lowest BCUT2D eigenvalue weighted by molar-refractivity contribution is -0.134. The smallest absolute Gasteiger partial charge is 0.223 e. The van der Waals surface area contributed by atoms with Crippen LogP contribution < -0.4 is 14.8 Å². The number of rotatable bonds is 6. The van der Waals surface area contributed by atoms with Crippen molar-refractivity contribution >= 4 is 18.3 Å². The number of methoxy groups -OCH3 is 2. The van der Waals surface area contributed by atoms with Gasteiger partial charge in [0.2, 0.25) is 5.91 Å². The van der Waals surface area contributed by atoms with E-state index in [0.29, 0.717) is 37.4 Å². The van der Waals surface area contributed by atoms with Gasteiger partial charge in [0.05, 0.1) is 20.3 Å². The molecular weight excluding hydrogens is 383 g/mol. The summed E-state index contributed by atoms with van der Waals surface area (Å²) >= 11 is 0. The molecule has 1 amide bonds. The number of halogens is 2. The van der Waals surface area contributed by atoms with Crippen LogP contribution in [0, 0.1) is 5.82 Å². The van der Waals surface area contributed by atoms with Gasteiger partial charge < -0.3 is 19.7 Å². The van der Waals surface area contributed by atoms with Gasteiger partial charge in [-0.15, -0.1) is 12.4 Å². The van der Waals surface area contributed by atoms with Crippen molar-refractivity contribution in [1.82, 2.24) is 10.2 Å². The predicted octanol–water partition coefficient (Wildman–Crippen LogP) is 3.37. The third-order valence-electron chi connectivity index (χ3n) is 4.87. The van der Waals surface area contributed by atoms with E-state index in [4.69, 9.17) is 9.47 Å². The molecule has 5 nitrogen and oxygen atoms in total. The van der Waals surface area contributed by atoms with Gasteiger partial charge in [0.1, 0.15) is 5.82 Å². The largest absolute Gasteiger partial charge is 0.493 e. The minimum absolute atomic E-state index is 0. The Labute approximate surface area is 171 Å². The van der Waals surface area contributed by atoms with E-state index in [0.717, 1.165) is 17.7 Å². The molecule has 7 heteroatoms. The van der Waals surface area contributed by atoms with Crippen molar-refractivity contribution < 1.29 is 18.7 Å². The van der Waals surface area contributed by atoms with Crippen molar-refractivity contribution in [3.8, 4) is 11.5 Å². The molecule has 1 aliphatic rings. The van der Waals surface area contributed by atoms with E-state index >= 15 is 0 Å². The summed E-state index contributed by atoms with van der Waals surface area (Å²) in [6, 6.07) is 12.0. The van der Waals surface area contributed by atoms with Gasteiger partial charge in [-0.1, -0.05) is 18.2 Å². The molecule has 2 aromatic rings. The number of amides is 1. The molecule has 0 saturated carbocycles. The summed E-state index contributed by atoms with van der Waals surface area (Å²) in [6.45, 7) is 1.99. The van der Waals surface area contributed by atoms with Crippen LogP contribution in [0.3, 0.4) is 0 Å². The lowest BCUT2D eigenvalue weighted by atomic mass is 10.0. The average molecular weight is 409 g/mol. The highest BCUT2D eigenvalue weighted by Gasteiger charge is 2.27. The standard InChI is InChI=1S/C21H25FN2O3.ClH/c1-26-19-8-6-15(12-20(19)27-2)7-9-21(25)24-11-10-23-14-18(24)16-4-3-5-17(22)13-16;/h3-6,8,12-13,18,23H,7,9-11,14H2,1-2H3;1H. The maximum Gasteiger partial charge on any atom is 0.223 e. The minimum atomic E-state index is -0.282. The van der Waals surface area contributed by atoms with E-state index in [1.54, 1.807) is 20.3 Å². The van der Waals surface area contributed by atoms with Gasteiger partial charge >= 0.3 is 0 Å². The van der Waals surface area contributed by atoms with E-state index in [1.165, 1.54) is 12.1 Å². The molecule has 0 radical (unpaired) electrons.